The smallest absolute Gasteiger partial charge is 0.292 e. The third-order valence-electron chi connectivity index (χ3n) is 5.50. The Labute approximate surface area is 207 Å². The van der Waals surface area contributed by atoms with Crippen molar-refractivity contribution in [1.29, 1.82) is 5.26 Å². The Bertz CT molecular complexity index is 1490. The SMILES string of the molecule is Cc1c(-c2ccccc2O)nc(NC(=O)c2ccco2)c(C#N)c1-c1cccc(N[C@](C)(N)C=O)c1. The van der Waals surface area contributed by atoms with Crippen LogP contribution in [0.15, 0.2) is 71.3 Å². The number of phenols is 1. The number of carbonyl (C=O) groups excluding carboxylic acids is 2. The molecular formula is C27H23N5O4. The van der Waals surface area contributed by atoms with E-state index in [1.165, 1.54) is 25.3 Å². The fourth-order valence-electron chi connectivity index (χ4n) is 3.84. The van der Waals surface area contributed by atoms with Crippen molar-refractivity contribution in [3.63, 3.8) is 0 Å². The normalized spacial score (nSPS) is 12.3. The number of nitrogens with two attached hydrogens (primary N) is 1. The van der Waals surface area contributed by atoms with E-state index in [2.05, 4.69) is 21.7 Å². The Balaban J connectivity index is 1.94. The highest BCUT2D eigenvalue weighted by Gasteiger charge is 2.24. The number of aldehydes is 1. The lowest BCUT2D eigenvalue weighted by molar-refractivity contribution is -0.111. The zero-order valence-corrected chi connectivity index (χ0v) is 19.6. The van der Waals surface area contributed by atoms with Crippen molar-refractivity contribution in [2.45, 2.75) is 19.5 Å². The van der Waals surface area contributed by atoms with E-state index >= 15 is 0 Å². The first-order valence-corrected chi connectivity index (χ1v) is 11.0. The minimum absolute atomic E-state index is 0.00707. The van der Waals surface area contributed by atoms with E-state index < -0.39 is 11.6 Å². The molecule has 0 unspecified atom stereocenters. The van der Waals surface area contributed by atoms with Crippen molar-refractivity contribution in [1.82, 2.24) is 4.98 Å². The van der Waals surface area contributed by atoms with Gasteiger partial charge in [0.1, 0.15) is 23.0 Å². The molecule has 0 bridgehead atoms. The van der Waals surface area contributed by atoms with Gasteiger partial charge in [0.2, 0.25) is 0 Å². The van der Waals surface area contributed by atoms with Gasteiger partial charge in [0.05, 0.1) is 12.0 Å². The number of anilines is 2. The van der Waals surface area contributed by atoms with E-state index in [-0.39, 0.29) is 22.9 Å². The van der Waals surface area contributed by atoms with Crippen LogP contribution in [0.25, 0.3) is 22.4 Å². The molecule has 2 aromatic heterocycles. The quantitative estimate of drug-likeness (QED) is 0.223. The number of carbonyl (C=O) groups is 2. The number of rotatable bonds is 7. The number of hydrogen-bond acceptors (Lipinski definition) is 8. The van der Waals surface area contributed by atoms with Crippen molar-refractivity contribution in [2.24, 2.45) is 5.73 Å². The van der Waals surface area contributed by atoms with Gasteiger partial charge in [-0.1, -0.05) is 24.3 Å². The zero-order chi connectivity index (χ0) is 25.9. The second-order valence-electron chi connectivity index (χ2n) is 8.35. The Kier molecular flexibility index (Phi) is 6.54. The van der Waals surface area contributed by atoms with Crippen LogP contribution in [-0.4, -0.2) is 27.9 Å². The minimum atomic E-state index is -1.30. The number of hydrogen-bond donors (Lipinski definition) is 4. The molecular weight excluding hydrogens is 458 g/mol. The van der Waals surface area contributed by atoms with Crippen LogP contribution in [0.5, 0.6) is 5.75 Å². The predicted octanol–water partition coefficient (Wildman–Crippen LogP) is 4.43. The number of amides is 1. The van der Waals surface area contributed by atoms with Gasteiger partial charge < -0.3 is 25.9 Å². The van der Waals surface area contributed by atoms with Gasteiger partial charge in [-0.25, -0.2) is 4.98 Å². The van der Waals surface area contributed by atoms with Gasteiger partial charge in [0.15, 0.2) is 17.9 Å². The third-order valence-corrected chi connectivity index (χ3v) is 5.50. The molecule has 9 heteroatoms. The highest BCUT2D eigenvalue weighted by Crippen LogP contribution is 2.40. The van der Waals surface area contributed by atoms with Crippen LogP contribution in [0.1, 0.15) is 28.6 Å². The molecule has 4 aromatic rings. The summed E-state index contributed by atoms with van der Waals surface area (Å²) >= 11 is 0. The van der Waals surface area contributed by atoms with Gasteiger partial charge in [-0.3, -0.25) is 9.59 Å². The third kappa shape index (κ3) is 4.80. The first kappa shape index (κ1) is 24.2. The van der Waals surface area contributed by atoms with E-state index in [0.717, 1.165) is 0 Å². The lowest BCUT2D eigenvalue weighted by Gasteiger charge is -2.22. The van der Waals surface area contributed by atoms with E-state index in [1.807, 2.05) is 0 Å². The van der Waals surface area contributed by atoms with Crippen LogP contribution in [-0.2, 0) is 4.79 Å². The van der Waals surface area contributed by atoms with Crippen LogP contribution in [0.2, 0.25) is 0 Å². The van der Waals surface area contributed by atoms with Crippen LogP contribution in [0.3, 0.4) is 0 Å². The lowest BCUT2D eigenvalue weighted by Crippen LogP contribution is -2.46. The monoisotopic (exact) mass is 481 g/mol. The average Bonchev–Trinajstić information content (AvgIpc) is 3.40. The maximum absolute atomic E-state index is 12.8. The molecule has 1 atom stereocenters. The van der Waals surface area contributed by atoms with Gasteiger partial charge in [0, 0.05) is 16.8 Å². The fraction of sp³-hybridized carbons (Fsp3) is 0.111. The summed E-state index contributed by atoms with van der Waals surface area (Å²) in [5.41, 5.74) is 7.83. The number of aromatic hydroxyl groups is 1. The summed E-state index contributed by atoms with van der Waals surface area (Å²) in [6, 6.07) is 18.9. The molecule has 4 rings (SSSR count). The number of phenolic OH excluding ortho intramolecular Hbond substituents is 1. The molecule has 0 saturated carbocycles. The highest BCUT2D eigenvalue weighted by atomic mass is 16.3. The molecule has 0 aliphatic heterocycles. The molecule has 0 fully saturated rings. The van der Waals surface area contributed by atoms with Crippen molar-refractivity contribution in [3.8, 4) is 34.2 Å². The number of aromatic nitrogens is 1. The molecule has 0 radical (unpaired) electrons. The van der Waals surface area contributed by atoms with Crippen molar-refractivity contribution in [3.05, 3.63) is 83.8 Å². The second-order valence-corrected chi connectivity index (χ2v) is 8.35. The van der Waals surface area contributed by atoms with Crippen molar-refractivity contribution >= 4 is 23.7 Å². The van der Waals surface area contributed by atoms with Gasteiger partial charge in [-0.2, -0.15) is 5.26 Å². The molecule has 0 saturated heterocycles. The number of para-hydroxylation sites is 1. The van der Waals surface area contributed by atoms with E-state index in [9.17, 15) is 20.0 Å². The van der Waals surface area contributed by atoms with Crippen LogP contribution in [0.4, 0.5) is 11.5 Å². The second kappa shape index (κ2) is 9.74. The number of nitrogens with zero attached hydrogens (tertiary/aromatic N) is 2. The van der Waals surface area contributed by atoms with Crippen molar-refractivity contribution < 1.29 is 19.1 Å². The van der Waals surface area contributed by atoms with Crippen LogP contribution < -0.4 is 16.4 Å². The summed E-state index contributed by atoms with van der Waals surface area (Å²) in [6.45, 7) is 3.31. The molecule has 0 spiro atoms. The summed E-state index contributed by atoms with van der Waals surface area (Å²) in [4.78, 5) is 28.6. The number of nitrogens with one attached hydrogen (secondary N) is 2. The first-order valence-electron chi connectivity index (χ1n) is 11.0. The maximum atomic E-state index is 12.8. The van der Waals surface area contributed by atoms with Gasteiger partial charge in [-0.05, 0) is 61.4 Å². The molecule has 2 aromatic carbocycles. The summed E-state index contributed by atoms with van der Waals surface area (Å²) in [5.74, 6) is -0.531. The lowest BCUT2D eigenvalue weighted by atomic mass is 9.92. The number of pyridine rings is 1. The van der Waals surface area contributed by atoms with Crippen LogP contribution in [0, 0.1) is 18.3 Å². The average molecular weight is 482 g/mol. The molecule has 180 valence electrons. The Morgan fingerprint density at radius 1 is 1.19 bits per heavy atom. The van der Waals surface area contributed by atoms with Gasteiger partial charge >= 0.3 is 0 Å². The zero-order valence-electron chi connectivity index (χ0n) is 19.6. The van der Waals surface area contributed by atoms with Crippen LogP contribution >= 0.6 is 0 Å². The summed E-state index contributed by atoms with van der Waals surface area (Å²) in [5, 5.41) is 26.3. The van der Waals surface area contributed by atoms with Gasteiger partial charge in [0.25, 0.3) is 5.91 Å². The molecule has 9 nitrogen and oxygen atoms in total. The summed E-state index contributed by atoms with van der Waals surface area (Å²) in [7, 11) is 0. The Morgan fingerprint density at radius 2 is 1.97 bits per heavy atom. The molecule has 0 aliphatic carbocycles. The highest BCUT2D eigenvalue weighted by molar-refractivity contribution is 6.03. The fourth-order valence-corrected chi connectivity index (χ4v) is 3.84. The van der Waals surface area contributed by atoms with Gasteiger partial charge in [-0.15, -0.1) is 0 Å². The van der Waals surface area contributed by atoms with E-state index in [0.29, 0.717) is 39.9 Å². The Hall–Kier alpha value is -4.94. The number of furan rings is 1. The van der Waals surface area contributed by atoms with E-state index in [1.54, 1.807) is 55.5 Å². The maximum Gasteiger partial charge on any atom is 0.292 e. The van der Waals surface area contributed by atoms with Crippen molar-refractivity contribution in [2.75, 3.05) is 10.6 Å². The molecule has 2 heterocycles. The topological polar surface area (TPSA) is 154 Å². The number of nitriles is 1. The summed E-state index contributed by atoms with van der Waals surface area (Å²) < 4.78 is 5.18. The largest absolute Gasteiger partial charge is 0.507 e. The molecule has 36 heavy (non-hydrogen) atoms. The molecule has 5 N–H and O–H groups in total. The predicted molar refractivity (Wildman–Crippen MR) is 135 cm³/mol. The van der Waals surface area contributed by atoms with E-state index in [4.69, 9.17) is 10.2 Å². The molecule has 0 aliphatic rings. The molecule has 1 amide bonds. The number of benzene rings is 2. The summed E-state index contributed by atoms with van der Waals surface area (Å²) in [6.07, 6.45) is 1.96. The standard InChI is InChI=1S/C27H23N5O4/c1-16-23(17-7-5-8-18(13-17)32-27(2,29)15-33)20(14-28)25(31-26(35)22-11-6-12-36-22)30-24(16)19-9-3-4-10-21(19)34/h3-13,15,32,34H,29H2,1-2H3,(H,30,31,35)/t27-/m0/s1. The first-order chi connectivity index (χ1) is 17.2. The minimum Gasteiger partial charge on any atom is -0.507 e. The Morgan fingerprint density at radius 3 is 2.64 bits per heavy atom.